The second-order valence-corrected chi connectivity index (χ2v) is 5.65. The van der Waals surface area contributed by atoms with Crippen LogP contribution in [0.3, 0.4) is 0 Å². The lowest BCUT2D eigenvalue weighted by molar-refractivity contribution is -0.127. The fourth-order valence-electron chi connectivity index (χ4n) is 2.16. The van der Waals surface area contributed by atoms with E-state index in [0.29, 0.717) is 24.6 Å². The van der Waals surface area contributed by atoms with E-state index in [9.17, 15) is 9.59 Å². The van der Waals surface area contributed by atoms with Gasteiger partial charge in [-0.1, -0.05) is 15.9 Å². The van der Waals surface area contributed by atoms with Crippen molar-refractivity contribution in [3.8, 4) is 5.75 Å². The number of carbonyl (C=O) groups is 2. The topological polar surface area (TPSA) is 58.6 Å². The first-order chi connectivity index (χ1) is 9.51. The van der Waals surface area contributed by atoms with Crippen LogP contribution in [0.5, 0.6) is 5.75 Å². The molecule has 1 aliphatic rings. The summed E-state index contributed by atoms with van der Waals surface area (Å²) >= 11 is 3.37. The second-order valence-electron chi connectivity index (χ2n) is 4.74. The highest BCUT2D eigenvalue weighted by Crippen LogP contribution is 2.29. The maximum Gasteiger partial charge on any atom is 0.229 e. The summed E-state index contributed by atoms with van der Waals surface area (Å²) in [6.45, 7) is 2.87. The van der Waals surface area contributed by atoms with Gasteiger partial charge in [0, 0.05) is 24.5 Å². The normalized spacial score (nSPS) is 18.2. The predicted molar refractivity (Wildman–Crippen MR) is 79.7 cm³/mol. The molecule has 1 N–H and O–H groups in total. The Morgan fingerprint density at radius 3 is 2.90 bits per heavy atom. The number of nitrogens with one attached hydrogen (secondary N) is 1. The molecule has 1 fully saturated rings. The van der Waals surface area contributed by atoms with Crippen molar-refractivity contribution in [1.29, 1.82) is 0 Å². The van der Waals surface area contributed by atoms with Gasteiger partial charge in [-0.15, -0.1) is 0 Å². The molecule has 108 valence electrons. The molecule has 1 atom stereocenters. The van der Waals surface area contributed by atoms with Crippen LogP contribution in [-0.4, -0.2) is 36.9 Å². The Kier molecular flexibility index (Phi) is 4.65. The molecule has 1 heterocycles. The highest BCUT2D eigenvalue weighted by molar-refractivity contribution is 9.10. The Hall–Kier alpha value is -1.56. The van der Waals surface area contributed by atoms with Crippen molar-refractivity contribution in [2.24, 2.45) is 5.92 Å². The van der Waals surface area contributed by atoms with Crippen LogP contribution in [0.25, 0.3) is 0 Å². The summed E-state index contributed by atoms with van der Waals surface area (Å²) < 4.78 is 6.34. The van der Waals surface area contributed by atoms with E-state index >= 15 is 0 Å². The number of hydrogen-bond acceptors (Lipinski definition) is 3. The van der Waals surface area contributed by atoms with Crippen molar-refractivity contribution in [2.45, 2.75) is 13.3 Å². The minimum Gasteiger partial charge on any atom is -0.492 e. The van der Waals surface area contributed by atoms with E-state index in [-0.39, 0.29) is 24.2 Å². The van der Waals surface area contributed by atoms with Gasteiger partial charge in [0.2, 0.25) is 11.8 Å². The molecule has 2 amide bonds. The van der Waals surface area contributed by atoms with Gasteiger partial charge in [-0.3, -0.25) is 9.59 Å². The molecule has 5 nitrogen and oxygen atoms in total. The van der Waals surface area contributed by atoms with Gasteiger partial charge in [0.25, 0.3) is 0 Å². The van der Waals surface area contributed by atoms with Crippen LogP contribution < -0.4 is 10.1 Å². The molecular formula is C14H17BrN2O3. The maximum atomic E-state index is 12.2. The van der Waals surface area contributed by atoms with E-state index in [2.05, 4.69) is 21.2 Å². The maximum absolute atomic E-state index is 12.2. The lowest BCUT2D eigenvalue weighted by Crippen LogP contribution is -2.26. The molecule has 0 saturated carbocycles. The zero-order chi connectivity index (χ0) is 14.7. The van der Waals surface area contributed by atoms with Gasteiger partial charge in [0.15, 0.2) is 0 Å². The van der Waals surface area contributed by atoms with E-state index < -0.39 is 0 Å². The molecule has 0 aromatic heterocycles. The highest BCUT2D eigenvalue weighted by Gasteiger charge is 2.32. The summed E-state index contributed by atoms with van der Waals surface area (Å²) in [4.78, 5) is 25.3. The Bertz CT molecular complexity index is 533. The van der Waals surface area contributed by atoms with Gasteiger partial charge in [0.05, 0.1) is 18.2 Å². The van der Waals surface area contributed by atoms with Gasteiger partial charge < -0.3 is 15.0 Å². The molecule has 1 aliphatic heterocycles. The molecule has 2 rings (SSSR count). The fourth-order valence-corrected chi connectivity index (χ4v) is 2.52. The molecule has 1 aromatic rings. The summed E-state index contributed by atoms with van der Waals surface area (Å²) in [7, 11) is 1.71. The second kappa shape index (κ2) is 6.26. The standard InChI is InChI=1S/C14H17BrN2O3/c1-3-20-12-5-4-10(15)7-11(12)16-14(19)9-6-13(18)17(2)8-9/h4-5,7,9H,3,6,8H2,1-2H3,(H,16,19)/t9-/m0/s1. The van der Waals surface area contributed by atoms with Crippen molar-refractivity contribution < 1.29 is 14.3 Å². The van der Waals surface area contributed by atoms with Gasteiger partial charge >= 0.3 is 0 Å². The largest absolute Gasteiger partial charge is 0.492 e. The van der Waals surface area contributed by atoms with Crippen LogP contribution >= 0.6 is 15.9 Å². The third kappa shape index (κ3) is 3.30. The minimum atomic E-state index is -0.305. The Labute approximate surface area is 126 Å². The molecule has 6 heteroatoms. The monoisotopic (exact) mass is 340 g/mol. The lowest BCUT2D eigenvalue weighted by Gasteiger charge is -2.14. The van der Waals surface area contributed by atoms with E-state index in [1.54, 1.807) is 24.1 Å². The first-order valence-corrected chi connectivity index (χ1v) is 7.27. The first-order valence-electron chi connectivity index (χ1n) is 6.48. The molecule has 1 aromatic carbocycles. The van der Waals surface area contributed by atoms with Crippen LogP contribution in [-0.2, 0) is 9.59 Å². The summed E-state index contributed by atoms with van der Waals surface area (Å²) in [5.41, 5.74) is 0.619. The number of amides is 2. The van der Waals surface area contributed by atoms with Crippen molar-refractivity contribution >= 4 is 33.4 Å². The molecule has 0 radical (unpaired) electrons. The zero-order valence-electron chi connectivity index (χ0n) is 11.5. The quantitative estimate of drug-likeness (QED) is 0.914. The Morgan fingerprint density at radius 2 is 2.30 bits per heavy atom. The SMILES string of the molecule is CCOc1ccc(Br)cc1NC(=O)[C@H]1CC(=O)N(C)C1. The van der Waals surface area contributed by atoms with Crippen LogP contribution in [0.1, 0.15) is 13.3 Å². The van der Waals surface area contributed by atoms with Gasteiger partial charge in [-0.25, -0.2) is 0 Å². The number of hydrogen-bond donors (Lipinski definition) is 1. The Morgan fingerprint density at radius 1 is 1.55 bits per heavy atom. The number of ether oxygens (including phenoxy) is 1. The number of benzene rings is 1. The number of rotatable bonds is 4. The number of halogens is 1. The van der Waals surface area contributed by atoms with Crippen LogP contribution in [0.4, 0.5) is 5.69 Å². The summed E-state index contributed by atoms with van der Waals surface area (Å²) in [6, 6.07) is 5.45. The molecule has 20 heavy (non-hydrogen) atoms. The molecule has 0 aliphatic carbocycles. The first kappa shape index (κ1) is 14.8. The number of anilines is 1. The zero-order valence-corrected chi connectivity index (χ0v) is 13.1. The van der Waals surface area contributed by atoms with E-state index in [1.807, 2.05) is 13.0 Å². The fraction of sp³-hybridized carbons (Fsp3) is 0.429. The molecule has 0 spiro atoms. The molecular weight excluding hydrogens is 324 g/mol. The number of carbonyl (C=O) groups excluding carboxylic acids is 2. The van der Waals surface area contributed by atoms with Crippen molar-refractivity contribution in [3.05, 3.63) is 22.7 Å². The summed E-state index contributed by atoms with van der Waals surface area (Å²) in [6.07, 6.45) is 0.264. The lowest BCUT2D eigenvalue weighted by atomic mass is 10.1. The average molecular weight is 341 g/mol. The van der Waals surface area contributed by atoms with Gasteiger partial charge in [-0.05, 0) is 25.1 Å². The van der Waals surface area contributed by atoms with Gasteiger partial charge in [-0.2, -0.15) is 0 Å². The van der Waals surface area contributed by atoms with Crippen LogP contribution in [0.2, 0.25) is 0 Å². The van der Waals surface area contributed by atoms with Gasteiger partial charge in [0.1, 0.15) is 5.75 Å². The van der Waals surface area contributed by atoms with Crippen molar-refractivity contribution in [1.82, 2.24) is 4.90 Å². The average Bonchev–Trinajstić information content (AvgIpc) is 2.73. The third-order valence-electron chi connectivity index (χ3n) is 3.21. The smallest absolute Gasteiger partial charge is 0.229 e. The van der Waals surface area contributed by atoms with Crippen LogP contribution in [0, 0.1) is 5.92 Å². The highest BCUT2D eigenvalue weighted by atomic mass is 79.9. The minimum absolute atomic E-state index is 0.00410. The van der Waals surface area contributed by atoms with Crippen molar-refractivity contribution in [2.75, 3.05) is 25.5 Å². The number of likely N-dealkylation sites (tertiary alicyclic amines) is 1. The van der Waals surface area contributed by atoms with E-state index in [4.69, 9.17) is 4.74 Å². The molecule has 1 saturated heterocycles. The summed E-state index contributed by atoms with van der Waals surface area (Å²) in [5.74, 6) is 0.175. The summed E-state index contributed by atoms with van der Waals surface area (Å²) in [5, 5.41) is 2.85. The predicted octanol–water partition coefficient (Wildman–Crippen LogP) is 2.26. The number of nitrogens with zero attached hydrogens (tertiary/aromatic N) is 1. The van der Waals surface area contributed by atoms with E-state index in [1.165, 1.54) is 0 Å². The Balaban J connectivity index is 2.11. The third-order valence-corrected chi connectivity index (χ3v) is 3.70. The molecule has 0 bridgehead atoms. The molecule has 0 unspecified atom stereocenters. The van der Waals surface area contributed by atoms with Crippen LogP contribution in [0.15, 0.2) is 22.7 Å². The van der Waals surface area contributed by atoms with Crippen molar-refractivity contribution in [3.63, 3.8) is 0 Å². The van der Waals surface area contributed by atoms with E-state index in [0.717, 1.165) is 4.47 Å².